The molecule has 11 heavy (non-hydrogen) atoms. The summed E-state index contributed by atoms with van der Waals surface area (Å²) >= 11 is 0. The fourth-order valence-electron chi connectivity index (χ4n) is 1.76. The number of hydrogen-bond acceptors (Lipinski definition) is 2. The van der Waals surface area contributed by atoms with Crippen LogP contribution in [0, 0.1) is 11.8 Å². The number of aliphatic hydroxyl groups excluding tert-OH is 1. The molecule has 0 amide bonds. The van der Waals surface area contributed by atoms with Gasteiger partial charge >= 0.3 is 0 Å². The van der Waals surface area contributed by atoms with Crippen LogP contribution in [0.2, 0.25) is 0 Å². The molecule has 2 heteroatoms. The summed E-state index contributed by atoms with van der Waals surface area (Å²) in [6, 6.07) is 0. The first kappa shape index (κ1) is 9.01. The summed E-state index contributed by atoms with van der Waals surface area (Å²) in [5.41, 5.74) is 0. The summed E-state index contributed by atoms with van der Waals surface area (Å²) in [4.78, 5) is 0. The van der Waals surface area contributed by atoms with Crippen molar-refractivity contribution in [3.63, 3.8) is 0 Å². The summed E-state index contributed by atoms with van der Waals surface area (Å²) in [5.74, 6) is 1.23. The highest BCUT2D eigenvalue weighted by atomic mass is 16.6. The minimum atomic E-state index is -0.525. The first-order valence-corrected chi connectivity index (χ1v) is 4.45. The Morgan fingerprint density at radius 1 is 1.27 bits per heavy atom. The minimum Gasteiger partial charge on any atom is -0.368 e. The lowest BCUT2D eigenvalue weighted by Crippen LogP contribution is -2.26. The van der Waals surface area contributed by atoms with Gasteiger partial charge in [-0.3, -0.25) is 0 Å². The normalized spacial score (nSPS) is 35.2. The summed E-state index contributed by atoms with van der Waals surface area (Å²) < 4.78 is 4.88. The number of hydrogen-bond donors (Lipinski definition) is 1. The minimum absolute atomic E-state index is 0.385. The average Bonchev–Trinajstić information content (AvgIpc) is 2.05. The predicted molar refractivity (Wildman–Crippen MR) is 44.1 cm³/mol. The fourth-order valence-corrected chi connectivity index (χ4v) is 1.76. The van der Waals surface area contributed by atoms with Crippen LogP contribution >= 0.6 is 0 Å². The van der Waals surface area contributed by atoms with Gasteiger partial charge in [0, 0.05) is 13.0 Å². The molecule has 1 fully saturated rings. The second-order valence-electron chi connectivity index (χ2n) is 3.65. The number of ether oxygens (including phenoxy) is 1. The van der Waals surface area contributed by atoms with E-state index >= 15 is 0 Å². The third-order valence-electron chi connectivity index (χ3n) is 2.71. The van der Waals surface area contributed by atoms with Crippen LogP contribution in [0.1, 0.15) is 32.6 Å². The van der Waals surface area contributed by atoms with Gasteiger partial charge in [-0.15, -0.1) is 0 Å². The van der Waals surface area contributed by atoms with Crippen molar-refractivity contribution < 1.29 is 9.84 Å². The van der Waals surface area contributed by atoms with Gasteiger partial charge in [-0.2, -0.15) is 0 Å². The first-order chi connectivity index (χ1) is 5.24. The second-order valence-corrected chi connectivity index (χ2v) is 3.65. The molecule has 0 aromatic heterocycles. The monoisotopic (exact) mass is 158 g/mol. The Bertz CT molecular complexity index is 106. The molecule has 0 aromatic rings. The van der Waals surface area contributed by atoms with Crippen LogP contribution < -0.4 is 0 Å². The Hall–Kier alpha value is -0.0800. The highest BCUT2D eigenvalue weighted by molar-refractivity contribution is 4.71. The first-order valence-electron chi connectivity index (χ1n) is 4.45. The van der Waals surface area contributed by atoms with Gasteiger partial charge in [0.1, 0.15) is 0 Å². The summed E-state index contributed by atoms with van der Waals surface area (Å²) in [7, 11) is 1.57. The molecule has 0 radical (unpaired) electrons. The molecule has 1 aliphatic rings. The average molecular weight is 158 g/mol. The highest BCUT2D eigenvalue weighted by Gasteiger charge is 2.23. The third kappa shape index (κ3) is 2.46. The molecule has 0 heterocycles. The van der Waals surface area contributed by atoms with E-state index in [1.165, 1.54) is 12.8 Å². The van der Waals surface area contributed by atoms with Crippen LogP contribution in [0.15, 0.2) is 0 Å². The van der Waals surface area contributed by atoms with Gasteiger partial charge in [0.15, 0.2) is 6.29 Å². The molecule has 1 rings (SSSR count). The van der Waals surface area contributed by atoms with Gasteiger partial charge in [0.05, 0.1) is 0 Å². The molecule has 0 bridgehead atoms. The van der Waals surface area contributed by atoms with Gasteiger partial charge in [-0.1, -0.05) is 19.8 Å². The summed E-state index contributed by atoms with van der Waals surface area (Å²) in [6.45, 7) is 2.27. The molecule has 1 saturated carbocycles. The smallest absolute Gasteiger partial charge is 0.156 e. The number of rotatable bonds is 2. The van der Waals surface area contributed by atoms with Crippen LogP contribution in [0.4, 0.5) is 0 Å². The van der Waals surface area contributed by atoms with Crippen molar-refractivity contribution in [1.82, 2.24) is 0 Å². The standard InChI is InChI=1S/C9H18O2/c1-7-3-5-8(6-4-7)9(10)11-2/h7-10H,3-6H2,1-2H3. The zero-order valence-corrected chi connectivity index (χ0v) is 7.42. The molecule has 1 aliphatic carbocycles. The lowest BCUT2D eigenvalue weighted by Gasteiger charge is -2.28. The second kappa shape index (κ2) is 4.07. The molecule has 0 spiro atoms. The van der Waals surface area contributed by atoms with Crippen LogP contribution in [0.25, 0.3) is 0 Å². The highest BCUT2D eigenvalue weighted by Crippen LogP contribution is 2.30. The van der Waals surface area contributed by atoms with E-state index in [2.05, 4.69) is 6.92 Å². The fraction of sp³-hybridized carbons (Fsp3) is 1.00. The van der Waals surface area contributed by atoms with Crippen LogP contribution in [-0.2, 0) is 4.74 Å². The van der Waals surface area contributed by atoms with Gasteiger partial charge in [-0.05, 0) is 18.8 Å². The van der Waals surface area contributed by atoms with E-state index in [0.29, 0.717) is 5.92 Å². The quantitative estimate of drug-likeness (QED) is 0.621. The molecule has 0 aliphatic heterocycles. The van der Waals surface area contributed by atoms with Gasteiger partial charge in [0.25, 0.3) is 0 Å². The van der Waals surface area contributed by atoms with E-state index in [-0.39, 0.29) is 0 Å². The number of aliphatic hydroxyl groups is 1. The molecule has 1 N–H and O–H groups in total. The molecule has 0 saturated heterocycles. The lowest BCUT2D eigenvalue weighted by molar-refractivity contribution is -0.122. The van der Waals surface area contributed by atoms with Crippen LogP contribution in [0.3, 0.4) is 0 Å². The van der Waals surface area contributed by atoms with Crippen molar-refractivity contribution in [3.8, 4) is 0 Å². The SMILES string of the molecule is COC(O)C1CCC(C)CC1. The van der Waals surface area contributed by atoms with Crippen molar-refractivity contribution in [2.24, 2.45) is 11.8 Å². The van der Waals surface area contributed by atoms with Crippen LogP contribution in [0.5, 0.6) is 0 Å². The largest absolute Gasteiger partial charge is 0.368 e. The molecule has 0 aromatic carbocycles. The van der Waals surface area contributed by atoms with Crippen LogP contribution in [-0.4, -0.2) is 18.5 Å². The molecule has 1 unspecified atom stereocenters. The molecule has 2 nitrogen and oxygen atoms in total. The Balaban J connectivity index is 2.27. The molecular formula is C9H18O2. The third-order valence-corrected chi connectivity index (χ3v) is 2.71. The van der Waals surface area contributed by atoms with Crippen molar-refractivity contribution in [2.45, 2.75) is 38.9 Å². The Morgan fingerprint density at radius 3 is 2.27 bits per heavy atom. The van der Waals surface area contributed by atoms with Gasteiger partial charge in [-0.25, -0.2) is 0 Å². The van der Waals surface area contributed by atoms with E-state index in [1.54, 1.807) is 7.11 Å². The molecule has 1 atom stereocenters. The zero-order chi connectivity index (χ0) is 8.27. The summed E-state index contributed by atoms with van der Waals surface area (Å²) in [5, 5.41) is 9.35. The summed E-state index contributed by atoms with van der Waals surface area (Å²) in [6.07, 6.45) is 4.20. The topological polar surface area (TPSA) is 29.5 Å². The van der Waals surface area contributed by atoms with Crippen molar-refractivity contribution in [2.75, 3.05) is 7.11 Å². The Labute approximate surface area is 68.6 Å². The van der Waals surface area contributed by atoms with Crippen molar-refractivity contribution in [1.29, 1.82) is 0 Å². The van der Waals surface area contributed by atoms with E-state index in [4.69, 9.17) is 4.74 Å². The maximum atomic E-state index is 9.35. The van der Waals surface area contributed by atoms with Crippen molar-refractivity contribution >= 4 is 0 Å². The van der Waals surface area contributed by atoms with E-state index in [9.17, 15) is 5.11 Å². The van der Waals surface area contributed by atoms with E-state index in [0.717, 1.165) is 18.8 Å². The zero-order valence-electron chi connectivity index (χ0n) is 7.42. The number of methoxy groups -OCH3 is 1. The lowest BCUT2D eigenvalue weighted by atomic mass is 9.83. The predicted octanol–water partition coefficient (Wildman–Crippen LogP) is 1.78. The van der Waals surface area contributed by atoms with E-state index < -0.39 is 6.29 Å². The van der Waals surface area contributed by atoms with Gasteiger partial charge in [0.2, 0.25) is 0 Å². The molecule has 66 valence electrons. The van der Waals surface area contributed by atoms with Crippen molar-refractivity contribution in [3.05, 3.63) is 0 Å². The maximum Gasteiger partial charge on any atom is 0.156 e. The van der Waals surface area contributed by atoms with Gasteiger partial charge < -0.3 is 9.84 Å². The molecular weight excluding hydrogens is 140 g/mol. The Morgan fingerprint density at radius 2 is 1.82 bits per heavy atom. The maximum absolute atomic E-state index is 9.35. The Kier molecular flexibility index (Phi) is 3.34. The van der Waals surface area contributed by atoms with E-state index in [1.807, 2.05) is 0 Å².